The Hall–Kier alpha value is -1.28. The van der Waals surface area contributed by atoms with Gasteiger partial charge in [-0.15, -0.1) is 0 Å². The lowest BCUT2D eigenvalue weighted by Gasteiger charge is -1.97. The van der Waals surface area contributed by atoms with Crippen LogP contribution in [0.5, 0.6) is 5.75 Å². The maximum Gasteiger partial charge on any atom is 0.118 e. The second-order valence-corrected chi connectivity index (χ2v) is 3.54. The Bertz CT molecular complexity index is 286. The number of hydrogen-bond acceptors (Lipinski definition) is 2. The smallest absolute Gasteiger partial charge is 0.118 e. The van der Waals surface area contributed by atoms with Crippen molar-refractivity contribution < 1.29 is 9.84 Å². The molecule has 0 fully saturated rings. The van der Waals surface area contributed by atoms with Crippen molar-refractivity contribution in [2.75, 3.05) is 7.11 Å². The molecule has 0 heterocycles. The van der Waals surface area contributed by atoms with E-state index in [1.54, 1.807) is 21.0 Å². The summed E-state index contributed by atoms with van der Waals surface area (Å²) in [5.74, 6) is 0.917. The van der Waals surface area contributed by atoms with Crippen molar-refractivity contribution >= 4 is 0 Å². The minimum Gasteiger partial charge on any atom is -0.497 e. The summed E-state index contributed by atoms with van der Waals surface area (Å²) in [6.07, 6.45) is -0.343. The zero-order valence-corrected chi connectivity index (χ0v) is 9.95. The summed E-state index contributed by atoms with van der Waals surface area (Å²) < 4.78 is 4.97. The van der Waals surface area contributed by atoms with Gasteiger partial charge in [-0.05, 0) is 32.9 Å². The van der Waals surface area contributed by atoms with E-state index in [-0.39, 0.29) is 6.10 Å². The molecule has 1 N–H and O–H groups in total. The topological polar surface area (TPSA) is 29.5 Å². The lowest BCUT2D eigenvalue weighted by atomic mass is 10.2. The summed E-state index contributed by atoms with van der Waals surface area (Å²) in [6, 6.07) is 7.96. The van der Waals surface area contributed by atoms with Gasteiger partial charge in [-0.25, -0.2) is 0 Å². The van der Waals surface area contributed by atoms with Gasteiger partial charge < -0.3 is 9.84 Å². The van der Waals surface area contributed by atoms with Crippen molar-refractivity contribution in [1.82, 2.24) is 0 Å². The van der Waals surface area contributed by atoms with E-state index in [2.05, 4.69) is 13.5 Å². The Morgan fingerprint density at radius 2 is 1.73 bits per heavy atom. The van der Waals surface area contributed by atoms with Crippen LogP contribution < -0.4 is 4.74 Å². The molecule has 1 rings (SSSR count). The van der Waals surface area contributed by atoms with Crippen LogP contribution in [0, 0.1) is 6.92 Å². The van der Waals surface area contributed by atoms with Crippen molar-refractivity contribution in [2.24, 2.45) is 0 Å². The van der Waals surface area contributed by atoms with Gasteiger partial charge >= 0.3 is 0 Å². The van der Waals surface area contributed by atoms with Gasteiger partial charge in [0.25, 0.3) is 0 Å². The standard InChI is InChI=1S/C8H10O.C5H10O/c1-7-3-5-8(9-2)6-4-7;1-4(2)5(3)6/h3-6H,1-2H3;5-6H,1H2,2-3H3. The van der Waals surface area contributed by atoms with Crippen molar-refractivity contribution in [1.29, 1.82) is 0 Å². The van der Waals surface area contributed by atoms with Gasteiger partial charge in [0, 0.05) is 0 Å². The molecule has 0 amide bonds. The van der Waals surface area contributed by atoms with Gasteiger partial charge in [-0.3, -0.25) is 0 Å². The molecule has 0 saturated carbocycles. The van der Waals surface area contributed by atoms with E-state index in [9.17, 15) is 0 Å². The highest BCUT2D eigenvalue weighted by Crippen LogP contribution is 2.09. The van der Waals surface area contributed by atoms with Crippen LogP contribution in [0.3, 0.4) is 0 Å². The van der Waals surface area contributed by atoms with Gasteiger partial charge in [0.05, 0.1) is 13.2 Å². The fourth-order valence-electron chi connectivity index (χ4n) is 0.674. The Kier molecular flexibility index (Phi) is 6.47. The molecular weight excluding hydrogens is 188 g/mol. The van der Waals surface area contributed by atoms with E-state index in [0.717, 1.165) is 11.3 Å². The lowest BCUT2D eigenvalue weighted by Crippen LogP contribution is -1.97. The van der Waals surface area contributed by atoms with Crippen LogP contribution in [-0.4, -0.2) is 18.3 Å². The maximum absolute atomic E-state index is 8.53. The monoisotopic (exact) mass is 208 g/mol. The summed E-state index contributed by atoms with van der Waals surface area (Å²) in [4.78, 5) is 0. The first-order valence-electron chi connectivity index (χ1n) is 4.91. The number of aryl methyl sites for hydroxylation is 1. The van der Waals surface area contributed by atoms with Crippen molar-refractivity contribution in [3.63, 3.8) is 0 Å². The molecule has 0 saturated heterocycles. The molecule has 1 atom stereocenters. The molecular formula is C13H20O2. The van der Waals surface area contributed by atoms with Crippen molar-refractivity contribution in [3.8, 4) is 5.75 Å². The molecule has 1 aromatic rings. The molecule has 1 unspecified atom stereocenters. The van der Waals surface area contributed by atoms with Gasteiger partial charge in [0.2, 0.25) is 0 Å². The second kappa shape index (κ2) is 7.07. The number of aliphatic hydroxyl groups excluding tert-OH is 1. The summed E-state index contributed by atoms with van der Waals surface area (Å²) in [7, 11) is 1.67. The molecule has 2 heteroatoms. The molecule has 0 aliphatic heterocycles. The van der Waals surface area contributed by atoms with E-state index >= 15 is 0 Å². The number of aliphatic hydroxyl groups is 1. The van der Waals surface area contributed by atoms with Crippen LogP contribution in [0.2, 0.25) is 0 Å². The van der Waals surface area contributed by atoms with Gasteiger partial charge in [-0.2, -0.15) is 0 Å². The maximum atomic E-state index is 8.53. The highest BCUT2D eigenvalue weighted by Gasteiger charge is 1.89. The summed E-state index contributed by atoms with van der Waals surface area (Å²) >= 11 is 0. The third-order valence-corrected chi connectivity index (χ3v) is 1.97. The zero-order valence-electron chi connectivity index (χ0n) is 9.95. The van der Waals surface area contributed by atoms with Gasteiger partial charge in [-0.1, -0.05) is 29.8 Å². The Labute approximate surface area is 92.2 Å². The predicted octanol–water partition coefficient (Wildman–Crippen LogP) is 2.95. The predicted molar refractivity (Wildman–Crippen MR) is 64.2 cm³/mol. The quantitative estimate of drug-likeness (QED) is 0.757. The van der Waals surface area contributed by atoms with Crippen LogP contribution in [0.1, 0.15) is 19.4 Å². The van der Waals surface area contributed by atoms with Crippen LogP contribution in [0.15, 0.2) is 36.4 Å². The van der Waals surface area contributed by atoms with Crippen molar-refractivity contribution in [3.05, 3.63) is 42.0 Å². The fourth-order valence-corrected chi connectivity index (χ4v) is 0.674. The number of ether oxygens (including phenoxy) is 1. The zero-order chi connectivity index (χ0) is 11.8. The molecule has 1 aromatic carbocycles. The molecule has 0 aliphatic rings. The first kappa shape index (κ1) is 13.7. The highest BCUT2D eigenvalue weighted by molar-refractivity contribution is 5.25. The van der Waals surface area contributed by atoms with E-state index in [1.165, 1.54) is 5.56 Å². The summed E-state index contributed by atoms with van der Waals surface area (Å²) in [5, 5.41) is 8.53. The molecule has 0 aromatic heterocycles. The minimum atomic E-state index is -0.343. The normalized spacial score (nSPS) is 11.0. The largest absolute Gasteiger partial charge is 0.497 e. The average Bonchev–Trinajstić information content (AvgIpc) is 2.20. The fraction of sp³-hybridized carbons (Fsp3) is 0.385. The molecule has 0 aliphatic carbocycles. The number of hydrogen-bond donors (Lipinski definition) is 1. The SMILES string of the molecule is C=C(C)C(C)O.COc1ccc(C)cc1. The van der Waals surface area contributed by atoms with E-state index in [0.29, 0.717) is 0 Å². The summed E-state index contributed by atoms with van der Waals surface area (Å²) in [6.45, 7) is 9.05. The highest BCUT2D eigenvalue weighted by atomic mass is 16.5. The Morgan fingerprint density at radius 3 is 2.00 bits per heavy atom. The Balaban J connectivity index is 0.000000288. The number of rotatable bonds is 2. The van der Waals surface area contributed by atoms with Crippen molar-refractivity contribution in [2.45, 2.75) is 26.9 Å². The molecule has 2 nitrogen and oxygen atoms in total. The third kappa shape index (κ3) is 6.75. The van der Waals surface area contributed by atoms with E-state index < -0.39 is 0 Å². The van der Waals surface area contributed by atoms with Crippen LogP contribution in [-0.2, 0) is 0 Å². The molecule has 0 radical (unpaired) electrons. The average molecular weight is 208 g/mol. The molecule has 84 valence electrons. The van der Waals surface area contributed by atoms with Crippen LogP contribution in [0.4, 0.5) is 0 Å². The van der Waals surface area contributed by atoms with E-state index in [1.807, 2.05) is 24.3 Å². The van der Waals surface area contributed by atoms with Gasteiger partial charge in [0.1, 0.15) is 5.75 Å². The Morgan fingerprint density at radius 1 is 1.33 bits per heavy atom. The van der Waals surface area contributed by atoms with Crippen LogP contribution >= 0.6 is 0 Å². The number of methoxy groups -OCH3 is 1. The molecule has 15 heavy (non-hydrogen) atoms. The second-order valence-electron chi connectivity index (χ2n) is 3.54. The minimum absolute atomic E-state index is 0.343. The van der Waals surface area contributed by atoms with E-state index in [4.69, 9.17) is 9.84 Å². The summed E-state index contributed by atoms with van der Waals surface area (Å²) in [5.41, 5.74) is 2.07. The van der Waals surface area contributed by atoms with Gasteiger partial charge in [0.15, 0.2) is 0 Å². The first-order valence-corrected chi connectivity index (χ1v) is 4.91. The first-order chi connectivity index (χ1) is 6.97. The lowest BCUT2D eigenvalue weighted by molar-refractivity contribution is 0.232. The molecule has 0 spiro atoms. The third-order valence-electron chi connectivity index (χ3n) is 1.97. The van der Waals surface area contributed by atoms with Crippen LogP contribution in [0.25, 0.3) is 0 Å². The molecule has 0 bridgehead atoms. The number of benzene rings is 1.